The zero-order valence-electron chi connectivity index (χ0n) is 12.3. The summed E-state index contributed by atoms with van der Waals surface area (Å²) in [7, 11) is 0. The average Bonchev–Trinajstić information content (AvgIpc) is 2.38. The van der Waals surface area contributed by atoms with Gasteiger partial charge in [-0.3, -0.25) is 0 Å². The molecule has 0 aliphatic carbocycles. The van der Waals surface area contributed by atoms with Gasteiger partial charge in [-0.05, 0) is 50.1 Å². The molecule has 0 bridgehead atoms. The van der Waals surface area contributed by atoms with Gasteiger partial charge in [0.25, 0.3) is 0 Å². The second-order valence-electron chi connectivity index (χ2n) is 5.38. The van der Waals surface area contributed by atoms with E-state index in [0.29, 0.717) is 10.7 Å². The van der Waals surface area contributed by atoms with E-state index in [9.17, 15) is 9.90 Å². The molecule has 4 heteroatoms. The van der Waals surface area contributed by atoms with Gasteiger partial charge < -0.3 is 10.4 Å². The van der Waals surface area contributed by atoms with Crippen LogP contribution in [0.3, 0.4) is 0 Å². The maximum Gasteiger partial charge on any atom is 0.333 e. The summed E-state index contributed by atoms with van der Waals surface area (Å²) >= 11 is 5.96. The standard InChI is InChI=1S/C17H18ClNO2/c1-11-7-8-15(12(2)9-11)17(3,16(20)21)19-14-6-4-5-13(18)10-14/h4-10,19H,1-3H3,(H,20,21). The molecule has 0 heterocycles. The van der Waals surface area contributed by atoms with Gasteiger partial charge in [0.15, 0.2) is 5.54 Å². The molecule has 0 spiro atoms. The van der Waals surface area contributed by atoms with Gasteiger partial charge in [-0.25, -0.2) is 4.79 Å². The van der Waals surface area contributed by atoms with E-state index < -0.39 is 11.5 Å². The van der Waals surface area contributed by atoms with Gasteiger partial charge in [0.1, 0.15) is 0 Å². The number of hydrogen-bond acceptors (Lipinski definition) is 2. The maximum atomic E-state index is 11.9. The fourth-order valence-corrected chi connectivity index (χ4v) is 2.66. The van der Waals surface area contributed by atoms with Gasteiger partial charge in [0.2, 0.25) is 0 Å². The van der Waals surface area contributed by atoms with E-state index in [0.717, 1.165) is 16.7 Å². The molecule has 110 valence electrons. The Morgan fingerprint density at radius 3 is 2.48 bits per heavy atom. The van der Waals surface area contributed by atoms with Crippen molar-refractivity contribution in [2.24, 2.45) is 0 Å². The summed E-state index contributed by atoms with van der Waals surface area (Å²) in [5.41, 5.74) is 2.23. The van der Waals surface area contributed by atoms with Gasteiger partial charge >= 0.3 is 5.97 Å². The van der Waals surface area contributed by atoms with Crippen molar-refractivity contribution in [1.29, 1.82) is 0 Å². The Bertz CT molecular complexity index is 684. The zero-order chi connectivity index (χ0) is 15.6. The van der Waals surface area contributed by atoms with Gasteiger partial charge in [-0.2, -0.15) is 0 Å². The lowest BCUT2D eigenvalue weighted by Crippen LogP contribution is -2.41. The minimum Gasteiger partial charge on any atom is -0.479 e. The van der Waals surface area contributed by atoms with Crippen molar-refractivity contribution in [3.63, 3.8) is 0 Å². The number of rotatable bonds is 4. The molecular formula is C17H18ClNO2. The fourth-order valence-electron chi connectivity index (χ4n) is 2.47. The summed E-state index contributed by atoms with van der Waals surface area (Å²) < 4.78 is 0. The molecule has 0 amide bonds. The van der Waals surface area contributed by atoms with Crippen LogP contribution in [0, 0.1) is 13.8 Å². The van der Waals surface area contributed by atoms with Crippen LogP contribution in [0.5, 0.6) is 0 Å². The molecule has 1 atom stereocenters. The second kappa shape index (κ2) is 5.78. The van der Waals surface area contributed by atoms with E-state index in [1.54, 1.807) is 31.2 Å². The zero-order valence-corrected chi connectivity index (χ0v) is 13.0. The van der Waals surface area contributed by atoms with E-state index in [1.165, 1.54) is 0 Å². The number of benzene rings is 2. The number of aliphatic carboxylic acids is 1. The van der Waals surface area contributed by atoms with Crippen LogP contribution < -0.4 is 5.32 Å². The van der Waals surface area contributed by atoms with Crippen LogP contribution >= 0.6 is 11.6 Å². The Hall–Kier alpha value is -2.00. The number of nitrogens with one attached hydrogen (secondary N) is 1. The van der Waals surface area contributed by atoms with Gasteiger partial charge in [-0.15, -0.1) is 0 Å². The monoisotopic (exact) mass is 303 g/mol. The Morgan fingerprint density at radius 1 is 1.19 bits per heavy atom. The van der Waals surface area contributed by atoms with Crippen molar-refractivity contribution in [3.05, 3.63) is 64.2 Å². The Balaban J connectivity index is 2.48. The summed E-state index contributed by atoms with van der Waals surface area (Å²) in [6.07, 6.45) is 0. The molecule has 3 nitrogen and oxygen atoms in total. The van der Waals surface area contributed by atoms with Crippen molar-refractivity contribution >= 4 is 23.3 Å². The molecule has 0 aliphatic rings. The smallest absolute Gasteiger partial charge is 0.333 e. The molecule has 0 fully saturated rings. The lowest BCUT2D eigenvalue weighted by molar-refractivity contribution is -0.142. The SMILES string of the molecule is Cc1ccc(C(C)(Nc2cccc(Cl)c2)C(=O)O)c(C)c1. The number of halogens is 1. The van der Waals surface area contributed by atoms with Crippen LogP contribution in [-0.2, 0) is 10.3 Å². The number of carbonyl (C=O) groups is 1. The van der Waals surface area contributed by atoms with Crippen molar-refractivity contribution < 1.29 is 9.90 Å². The third kappa shape index (κ3) is 3.19. The molecule has 0 aromatic heterocycles. The quantitative estimate of drug-likeness (QED) is 0.882. The van der Waals surface area contributed by atoms with Gasteiger partial charge in [0.05, 0.1) is 0 Å². The molecule has 1 unspecified atom stereocenters. The molecule has 2 aromatic carbocycles. The molecule has 2 N–H and O–H groups in total. The van der Waals surface area contributed by atoms with Crippen molar-refractivity contribution in [2.75, 3.05) is 5.32 Å². The molecule has 0 aliphatic heterocycles. The molecule has 2 aromatic rings. The van der Waals surface area contributed by atoms with E-state index in [2.05, 4.69) is 5.32 Å². The minimum atomic E-state index is -1.22. The summed E-state index contributed by atoms with van der Waals surface area (Å²) in [5, 5.41) is 13.4. The first-order valence-corrected chi connectivity index (χ1v) is 7.05. The van der Waals surface area contributed by atoms with Crippen LogP contribution in [0.25, 0.3) is 0 Å². The highest BCUT2D eigenvalue weighted by Gasteiger charge is 2.36. The van der Waals surface area contributed by atoms with E-state index >= 15 is 0 Å². The Morgan fingerprint density at radius 2 is 1.90 bits per heavy atom. The lowest BCUT2D eigenvalue weighted by atomic mass is 9.87. The average molecular weight is 304 g/mol. The Kier molecular flexibility index (Phi) is 4.24. The third-order valence-corrected chi connectivity index (χ3v) is 3.80. The highest BCUT2D eigenvalue weighted by Crippen LogP contribution is 2.30. The number of aryl methyl sites for hydroxylation is 2. The maximum absolute atomic E-state index is 11.9. The van der Waals surface area contributed by atoms with Crippen LogP contribution in [0.1, 0.15) is 23.6 Å². The number of carboxylic acids is 1. The van der Waals surface area contributed by atoms with Crippen LogP contribution in [0.2, 0.25) is 5.02 Å². The van der Waals surface area contributed by atoms with Crippen LogP contribution in [0.4, 0.5) is 5.69 Å². The second-order valence-corrected chi connectivity index (χ2v) is 5.82. The highest BCUT2D eigenvalue weighted by atomic mass is 35.5. The number of hydrogen-bond donors (Lipinski definition) is 2. The third-order valence-electron chi connectivity index (χ3n) is 3.57. The summed E-state index contributed by atoms with van der Waals surface area (Å²) in [6.45, 7) is 5.57. The largest absolute Gasteiger partial charge is 0.479 e. The summed E-state index contributed by atoms with van der Waals surface area (Å²) in [5.74, 6) is -0.936. The number of carboxylic acid groups (broad SMARTS) is 1. The van der Waals surface area contributed by atoms with Gasteiger partial charge in [0, 0.05) is 10.7 Å². The van der Waals surface area contributed by atoms with Crippen molar-refractivity contribution in [2.45, 2.75) is 26.3 Å². The van der Waals surface area contributed by atoms with Gasteiger partial charge in [-0.1, -0.05) is 41.4 Å². The predicted octanol–water partition coefficient (Wildman–Crippen LogP) is 4.37. The van der Waals surface area contributed by atoms with E-state index in [1.807, 2.05) is 32.0 Å². The molecular weight excluding hydrogens is 286 g/mol. The van der Waals surface area contributed by atoms with E-state index in [-0.39, 0.29) is 0 Å². The topological polar surface area (TPSA) is 49.3 Å². The Labute approximate surface area is 129 Å². The minimum absolute atomic E-state index is 0.563. The van der Waals surface area contributed by atoms with Crippen LogP contribution in [0.15, 0.2) is 42.5 Å². The first kappa shape index (κ1) is 15.4. The summed E-state index contributed by atoms with van der Waals surface area (Å²) in [6, 6.07) is 12.8. The first-order chi connectivity index (χ1) is 9.83. The van der Waals surface area contributed by atoms with Crippen molar-refractivity contribution in [3.8, 4) is 0 Å². The van der Waals surface area contributed by atoms with Crippen molar-refractivity contribution in [1.82, 2.24) is 0 Å². The molecule has 21 heavy (non-hydrogen) atoms. The molecule has 0 radical (unpaired) electrons. The first-order valence-electron chi connectivity index (χ1n) is 6.68. The predicted molar refractivity (Wildman–Crippen MR) is 86.0 cm³/mol. The number of anilines is 1. The summed E-state index contributed by atoms with van der Waals surface area (Å²) in [4.78, 5) is 11.9. The lowest BCUT2D eigenvalue weighted by Gasteiger charge is -2.29. The highest BCUT2D eigenvalue weighted by molar-refractivity contribution is 6.30. The van der Waals surface area contributed by atoms with E-state index in [4.69, 9.17) is 11.6 Å². The molecule has 0 saturated carbocycles. The fraction of sp³-hybridized carbons (Fsp3) is 0.235. The normalized spacial score (nSPS) is 13.5. The van der Waals surface area contributed by atoms with Crippen LogP contribution in [-0.4, -0.2) is 11.1 Å². The molecule has 0 saturated heterocycles. The molecule has 2 rings (SSSR count).